The average Bonchev–Trinajstić information content (AvgIpc) is 3.34. The summed E-state index contributed by atoms with van der Waals surface area (Å²) >= 11 is 1.21. The molecule has 0 unspecified atom stereocenters. The van der Waals surface area contributed by atoms with Crippen LogP contribution in [0.3, 0.4) is 0 Å². The second kappa shape index (κ2) is 10.3. The third kappa shape index (κ3) is 5.17. The van der Waals surface area contributed by atoms with Crippen LogP contribution in [0.25, 0.3) is 0 Å². The third-order valence-electron chi connectivity index (χ3n) is 6.31. The molecule has 7 nitrogen and oxygen atoms in total. The van der Waals surface area contributed by atoms with Crippen molar-refractivity contribution in [3.05, 3.63) is 46.2 Å². The molecule has 1 amide bonds. The van der Waals surface area contributed by atoms with Crippen LogP contribution in [-0.2, 0) is 21.2 Å². The maximum Gasteiger partial charge on any atom is 0.265 e. The van der Waals surface area contributed by atoms with Gasteiger partial charge in [0.05, 0.1) is 20.3 Å². The van der Waals surface area contributed by atoms with Crippen LogP contribution in [-0.4, -0.2) is 70.0 Å². The molecule has 2 aliphatic rings. The van der Waals surface area contributed by atoms with Gasteiger partial charge >= 0.3 is 0 Å². The van der Waals surface area contributed by atoms with Gasteiger partial charge < -0.3 is 14.4 Å². The Hall–Kier alpha value is -1.94. The zero-order chi connectivity index (χ0) is 22.6. The molecule has 4 rings (SSSR count). The molecule has 2 aromatic rings. The number of carbonyl (C=O) groups excluding carboxylic acids is 1. The van der Waals surface area contributed by atoms with Crippen LogP contribution in [0, 0.1) is 5.92 Å². The summed E-state index contributed by atoms with van der Waals surface area (Å²) in [6, 6.07) is 9.74. The van der Waals surface area contributed by atoms with E-state index in [0.29, 0.717) is 50.2 Å². The van der Waals surface area contributed by atoms with Gasteiger partial charge in [0.15, 0.2) is 0 Å². The molecule has 1 aromatic heterocycles. The Labute approximate surface area is 194 Å². The first-order valence-corrected chi connectivity index (χ1v) is 13.4. The molecule has 3 heterocycles. The van der Waals surface area contributed by atoms with E-state index in [-0.39, 0.29) is 10.8 Å². The minimum atomic E-state index is -3.68. The van der Waals surface area contributed by atoms with E-state index in [1.165, 1.54) is 21.2 Å². The summed E-state index contributed by atoms with van der Waals surface area (Å²) in [5.41, 5.74) is 1.29. The highest BCUT2D eigenvalue weighted by atomic mass is 32.2. The van der Waals surface area contributed by atoms with E-state index in [9.17, 15) is 13.2 Å². The molecule has 0 saturated carbocycles. The number of likely N-dealkylation sites (tertiary alicyclic amines) is 1. The Kier molecular flexibility index (Phi) is 7.50. The van der Waals surface area contributed by atoms with Crippen LogP contribution >= 0.6 is 11.3 Å². The van der Waals surface area contributed by atoms with E-state index in [2.05, 4.69) is 12.1 Å². The maximum absolute atomic E-state index is 13.2. The summed E-state index contributed by atoms with van der Waals surface area (Å²) in [6.45, 7) is 2.76. The molecule has 32 heavy (non-hydrogen) atoms. The van der Waals surface area contributed by atoms with Crippen LogP contribution in [0.1, 0.15) is 34.5 Å². The van der Waals surface area contributed by atoms with Gasteiger partial charge in [-0.15, -0.1) is 11.3 Å². The van der Waals surface area contributed by atoms with Gasteiger partial charge in [-0.1, -0.05) is 12.1 Å². The van der Waals surface area contributed by atoms with Crippen molar-refractivity contribution in [2.45, 2.75) is 30.6 Å². The number of benzene rings is 1. The fourth-order valence-electron chi connectivity index (χ4n) is 4.31. The molecule has 0 N–H and O–H groups in total. The van der Waals surface area contributed by atoms with Crippen molar-refractivity contribution in [2.75, 3.05) is 46.5 Å². The van der Waals surface area contributed by atoms with Crippen LogP contribution in [0.15, 0.2) is 40.6 Å². The van der Waals surface area contributed by atoms with Crippen LogP contribution in [0.5, 0.6) is 5.75 Å². The highest BCUT2D eigenvalue weighted by Gasteiger charge is 2.33. The summed E-state index contributed by atoms with van der Waals surface area (Å²) in [5.74, 6) is 1.27. The highest BCUT2D eigenvalue weighted by Crippen LogP contribution is 2.30. The Balaban J connectivity index is 1.33. The molecule has 174 valence electrons. The summed E-state index contributed by atoms with van der Waals surface area (Å²) in [4.78, 5) is 15.5. The Bertz CT molecular complexity index is 1010. The summed E-state index contributed by atoms with van der Waals surface area (Å²) < 4.78 is 38.0. The zero-order valence-corrected chi connectivity index (χ0v) is 20.0. The van der Waals surface area contributed by atoms with E-state index in [4.69, 9.17) is 9.47 Å². The average molecular weight is 479 g/mol. The number of rotatable bonds is 7. The third-order valence-corrected chi connectivity index (χ3v) is 9.29. The summed E-state index contributed by atoms with van der Waals surface area (Å²) in [5, 5.41) is 1.70. The number of amides is 1. The fraction of sp³-hybridized carbons (Fsp3) is 0.522. The first-order chi connectivity index (χ1) is 15.5. The second-order valence-corrected chi connectivity index (χ2v) is 11.1. The smallest absolute Gasteiger partial charge is 0.265 e. The lowest BCUT2D eigenvalue weighted by atomic mass is 9.90. The number of hydrogen-bond acceptors (Lipinski definition) is 6. The lowest BCUT2D eigenvalue weighted by Crippen LogP contribution is -2.42. The lowest BCUT2D eigenvalue weighted by molar-refractivity contribution is 0.0685. The summed E-state index contributed by atoms with van der Waals surface area (Å²) in [6.07, 6.45) is 3.98. The van der Waals surface area contributed by atoms with Crippen LogP contribution < -0.4 is 4.74 Å². The number of thiophene rings is 1. The monoisotopic (exact) mass is 478 g/mol. The topological polar surface area (TPSA) is 76.2 Å². The van der Waals surface area contributed by atoms with E-state index in [0.717, 1.165) is 31.4 Å². The molecular weight excluding hydrogens is 448 g/mol. The number of carbonyl (C=O) groups is 1. The Morgan fingerprint density at radius 1 is 1.09 bits per heavy atom. The first kappa shape index (κ1) is 23.2. The van der Waals surface area contributed by atoms with Gasteiger partial charge in [0.1, 0.15) is 15.5 Å². The molecule has 0 bridgehead atoms. The van der Waals surface area contributed by atoms with Gasteiger partial charge in [-0.2, -0.15) is 4.31 Å². The molecule has 0 radical (unpaired) electrons. The van der Waals surface area contributed by atoms with E-state index in [1.807, 2.05) is 17.0 Å². The van der Waals surface area contributed by atoms with Crippen molar-refractivity contribution in [1.82, 2.24) is 9.21 Å². The molecule has 2 saturated heterocycles. The zero-order valence-electron chi connectivity index (χ0n) is 18.4. The second-order valence-electron chi connectivity index (χ2n) is 8.25. The van der Waals surface area contributed by atoms with Gasteiger partial charge in [0.2, 0.25) is 10.0 Å². The van der Waals surface area contributed by atoms with E-state index >= 15 is 0 Å². The van der Waals surface area contributed by atoms with E-state index in [1.54, 1.807) is 18.6 Å². The predicted molar refractivity (Wildman–Crippen MR) is 124 cm³/mol. The Morgan fingerprint density at radius 3 is 2.44 bits per heavy atom. The van der Waals surface area contributed by atoms with Gasteiger partial charge in [-0.05, 0) is 60.7 Å². The van der Waals surface area contributed by atoms with Crippen molar-refractivity contribution >= 4 is 27.3 Å². The number of nitrogens with zero attached hydrogens (tertiary/aromatic N) is 2. The molecule has 0 atom stereocenters. The maximum atomic E-state index is 13.2. The number of piperidine rings is 1. The Morgan fingerprint density at radius 2 is 1.78 bits per heavy atom. The SMILES string of the molecule is COc1ccc(CCC2CCN(C(=O)c3sccc3S(=O)(=O)N3CCOCC3)CC2)cc1. The van der Waals surface area contributed by atoms with Gasteiger partial charge in [-0.3, -0.25) is 4.79 Å². The lowest BCUT2D eigenvalue weighted by Gasteiger charge is -2.32. The van der Waals surface area contributed by atoms with Crippen molar-refractivity contribution < 1.29 is 22.7 Å². The quantitative estimate of drug-likeness (QED) is 0.611. The molecule has 0 aliphatic carbocycles. The van der Waals surface area contributed by atoms with Crippen molar-refractivity contribution in [1.29, 1.82) is 0 Å². The number of methoxy groups -OCH3 is 1. The van der Waals surface area contributed by atoms with Crippen LogP contribution in [0.2, 0.25) is 0 Å². The number of morpholine rings is 1. The number of ether oxygens (including phenoxy) is 2. The van der Waals surface area contributed by atoms with Gasteiger partial charge in [0.25, 0.3) is 5.91 Å². The summed E-state index contributed by atoms with van der Waals surface area (Å²) in [7, 11) is -2.01. The fourth-order valence-corrected chi connectivity index (χ4v) is 7.08. The standard InChI is InChI=1S/C23H30N2O5S2/c1-29-20-6-4-18(5-7-20)2-3-19-8-11-24(12-9-19)23(26)22-21(10-17-31-22)32(27,28)25-13-15-30-16-14-25/h4-7,10,17,19H,2-3,8-9,11-16H2,1H3. The minimum Gasteiger partial charge on any atom is -0.497 e. The molecule has 0 spiro atoms. The number of hydrogen-bond donors (Lipinski definition) is 0. The van der Waals surface area contributed by atoms with Gasteiger partial charge in [0, 0.05) is 26.2 Å². The minimum absolute atomic E-state index is 0.135. The van der Waals surface area contributed by atoms with Crippen molar-refractivity contribution in [3.8, 4) is 5.75 Å². The molecular formula is C23H30N2O5S2. The molecule has 1 aromatic carbocycles. The highest BCUT2D eigenvalue weighted by molar-refractivity contribution is 7.89. The molecule has 2 fully saturated rings. The van der Waals surface area contributed by atoms with Crippen molar-refractivity contribution in [2.24, 2.45) is 5.92 Å². The van der Waals surface area contributed by atoms with Crippen molar-refractivity contribution in [3.63, 3.8) is 0 Å². The number of sulfonamides is 1. The largest absolute Gasteiger partial charge is 0.497 e. The molecule has 9 heteroatoms. The normalized spacial score (nSPS) is 18.6. The number of aryl methyl sites for hydroxylation is 1. The van der Waals surface area contributed by atoms with Gasteiger partial charge in [-0.25, -0.2) is 8.42 Å². The van der Waals surface area contributed by atoms with Crippen LogP contribution in [0.4, 0.5) is 0 Å². The first-order valence-electron chi connectivity index (χ1n) is 11.1. The van der Waals surface area contributed by atoms with E-state index < -0.39 is 10.0 Å². The molecule has 2 aliphatic heterocycles. The predicted octanol–water partition coefficient (Wildman–Crippen LogP) is 3.26.